The average molecular weight is 163 g/mol. The van der Waals surface area contributed by atoms with Crippen LogP contribution in [0.25, 0.3) is 0 Å². The lowest BCUT2D eigenvalue weighted by atomic mass is 10.5. The molecule has 1 heterocycles. The van der Waals surface area contributed by atoms with E-state index in [4.69, 9.17) is 0 Å². The third-order valence-corrected chi connectivity index (χ3v) is 3.01. The molecular weight excluding hydrogens is 153 g/mol. The lowest BCUT2D eigenvalue weighted by Gasteiger charge is -2.01. The summed E-state index contributed by atoms with van der Waals surface area (Å²) >= 11 is 0. The Morgan fingerprint density at radius 2 is 2.09 bits per heavy atom. The Balaban J connectivity index is 2.01. The molecule has 0 aromatic carbocycles. The lowest BCUT2D eigenvalue weighted by Crippen LogP contribution is -1.99. The van der Waals surface area contributed by atoms with E-state index in [9.17, 15) is 0 Å². The van der Waals surface area contributed by atoms with Crippen molar-refractivity contribution in [1.82, 2.24) is 4.98 Å². The number of rotatable bonds is 2. The normalized spacial score (nSPS) is 17.5. The van der Waals surface area contributed by atoms with Crippen molar-refractivity contribution < 1.29 is 0 Å². The number of hydrogen-bond acceptors (Lipinski definition) is 0. The van der Waals surface area contributed by atoms with Crippen LogP contribution in [0.15, 0.2) is 42.6 Å². The molecule has 1 atom stereocenters. The van der Waals surface area contributed by atoms with Crippen LogP contribution in [0.5, 0.6) is 0 Å². The van der Waals surface area contributed by atoms with Gasteiger partial charge in [0.15, 0.2) is 0 Å². The molecule has 0 aliphatic heterocycles. The van der Waals surface area contributed by atoms with Crippen LogP contribution in [0, 0.1) is 0 Å². The summed E-state index contributed by atoms with van der Waals surface area (Å²) in [6, 6.07) is 4.18. The van der Waals surface area contributed by atoms with Gasteiger partial charge in [-0.05, 0) is 12.1 Å². The predicted octanol–water partition coefficient (Wildman–Crippen LogP) is 1.81. The van der Waals surface area contributed by atoms with Crippen LogP contribution < -0.4 is 5.44 Å². The summed E-state index contributed by atoms with van der Waals surface area (Å²) in [7, 11) is 0.853. The maximum Gasteiger partial charge on any atom is 0.0361 e. The van der Waals surface area contributed by atoms with Crippen molar-refractivity contribution >= 4 is 14.0 Å². The number of aromatic nitrogens is 1. The largest absolute Gasteiger partial charge is 0.362 e. The zero-order valence-corrected chi connectivity index (χ0v) is 7.12. The highest BCUT2D eigenvalue weighted by Gasteiger charge is 2.04. The van der Waals surface area contributed by atoms with E-state index >= 15 is 0 Å². The molecule has 0 saturated heterocycles. The number of nitrogens with one attached hydrogen (secondary N) is 1. The second kappa shape index (κ2) is 3.06. The fourth-order valence-corrected chi connectivity index (χ4v) is 2.26. The Bertz CT molecular complexity index is 260. The Morgan fingerprint density at radius 1 is 1.27 bits per heavy atom. The summed E-state index contributed by atoms with van der Waals surface area (Å²) < 4.78 is 0. The summed E-state index contributed by atoms with van der Waals surface area (Å²) in [5.74, 6) is 0. The highest BCUT2D eigenvalue weighted by atomic mass is 31.1. The molecule has 0 saturated carbocycles. The number of hydrogen-bond donors (Lipinski definition) is 1. The van der Waals surface area contributed by atoms with Crippen molar-refractivity contribution in [3.8, 4) is 0 Å². The fourth-order valence-electron chi connectivity index (χ4n) is 1.13. The van der Waals surface area contributed by atoms with Crippen molar-refractivity contribution in [1.29, 1.82) is 0 Å². The Labute approximate surface area is 68.0 Å². The second-order valence-electron chi connectivity index (χ2n) is 2.52. The first-order chi connectivity index (χ1) is 5.45. The quantitative estimate of drug-likeness (QED) is 0.640. The van der Waals surface area contributed by atoms with Gasteiger partial charge in [0.25, 0.3) is 0 Å². The molecule has 1 aromatic heterocycles. The molecule has 56 valence electrons. The highest BCUT2D eigenvalue weighted by molar-refractivity contribution is 7.48. The van der Waals surface area contributed by atoms with Gasteiger partial charge in [0, 0.05) is 17.3 Å². The molecule has 1 nitrogen and oxygen atoms in total. The van der Waals surface area contributed by atoms with E-state index in [1.54, 1.807) is 0 Å². The first-order valence-corrected chi connectivity index (χ1v) is 4.78. The Morgan fingerprint density at radius 3 is 2.73 bits per heavy atom. The first kappa shape index (κ1) is 6.87. The predicted molar refractivity (Wildman–Crippen MR) is 50.8 cm³/mol. The number of aromatic amines is 1. The molecule has 2 rings (SSSR count). The van der Waals surface area contributed by atoms with E-state index in [0.717, 1.165) is 8.58 Å². The van der Waals surface area contributed by atoms with E-state index in [2.05, 4.69) is 35.4 Å². The molecule has 0 bridgehead atoms. The van der Waals surface area contributed by atoms with Crippen LogP contribution in [0.2, 0.25) is 0 Å². The van der Waals surface area contributed by atoms with Crippen molar-refractivity contribution in [2.45, 2.75) is 5.66 Å². The van der Waals surface area contributed by atoms with E-state index in [0.29, 0.717) is 5.66 Å². The minimum Gasteiger partial charge on any atom is -0.362 e. The van der Waals surface area contributed by atoms with Gasteiger partial charge in [-0.3, -0.25) is 0 Å². The van der Waals surface area contributed by atoms with Crippen LogP contribution in [0.4, 0.5) is 0 Å². The maximum atomic E-state index is 3.21. The molecule has 2 heteroatoms. The van der Waals surface area contributed by atoms with E-state index in [-0.39, 0.29) is 0 Å². The zero-order chi connectivity index (χ0) is 7.52. The van der Waals surface area contributed by atoms with Gasteiger partial charge >= 0.3 is 0 Å². The summed E-state index contributed by atoms with van der Waals surface area (Å²) in [4.78, 5) is 3.21. The smallest absolute Gasteiger partial charge is 0.0361 e. The highest BCUT2D eigenvalue weighted by Crippen LogP contribution is 2.22. The minimum absolute atomic E-state index is 0.633. The monoisotopic (exact) mass is 163 g/mol. The third kappa shape index (κ3) is 1.61. The maximum absolute atomic E-state index is 3.21. The van der Waals surface area contributed by atoms with Gasteiger partial charge in [-0.1, -0.05) is 32.9 Å². The molecule has 1 aliphatic rings. The zero-order valence-electron chi connectivity index (χ0n) is 6.12. The van der Waals surface area contributed by atoms with Crippen molar-refractivity contribution in [3.05, 3.63) is 42.6 Å². The number of H-pyrrole nitrogens is 1. The summed E-state index contributed by atoms with van der Waals surface area (Å²) in [5, 5.41) is 0. The average Bonchev–Trinajstić information content (AvgIpc) is 2.60. The summed E-state index contributed by atoms with van der Waals surface area (Å²) in [6.45, 7) is 0. The van der Waals surface area contributed by atoms with E-state index in [1.807, 2.05) is 12.3 Å². The Kier molecular flexibility index (Phi) is 1.91. The van der Waals surface area contributed by atoms with E-state index in [1.165, 1.54) is 5.44 Å². The van der Waals surface area contributed by atoms with Gasteiger partial charge in [0.2, 0.25) is 0 Å². The second-order valence-corrected chi connectivity index (χ2v) is 4.02. The standard InChI is InChI=1S/C9H10NP/c1-2-5-8(4-1)11-9-6-3-7-10-9/h1-8,10-11H. The summed E-state index contributed by atoms with van der Waals surface area (Å²) in [5.41, 5.74) is 1.97. The fraction of sp³-hybridized carbons (Fsp3) is 0.111. The molecule has 0 fully saturated rings. The molecule has 1 aromatic rings. The van der Waals surface area contributed by atoms with Crippen LogP contribution >= 0.6 is 8.58 Å². The van der Waals surface area contributed by atoms with Gasteiger partial charge in [0.05, 0.1) is 0 Å². The Hall–Kier alpha value is -0.810. The topological polar surface area (TPSA) is 15.8 Å². The molecule has 0 amide bonds. The molecule has 1 unspecified atom stereocenters. The van der Waals surface area contributed by atoms with E-state index < -0.39 is 0 Å². The van der Waals surface area contributed by atoms with Crippen molar-refractivity contribution in [2.75, 3.05) is 0 Å². The lowest BCUT2D eigenvalue weighted by molar-refractivity contribution is 1.43. The molecule has 1 aliphatic carbocycles. The van der Waals surface area contributed by atoms with Gasteiger partial charge < -0.3 is 4.98 Å². The minimum atomic E-state index is 0.633. The van der Waals surface area contributed by atoms with Gasteiger partial charge in [-0.2, -0.15) is 0 Å². The van der Waals surface area contributed by atoms with Crippen molar-refractivity contribution in [3.63, 3.8) is 0 Å². The first-order valence-electron chi connectivity index (χ1n) is 3.70. The third-order valence-electron chi connectivity index (χ3n) is 1.67. The molecular formula is C9H10NP. The molecule has 1 N–H and O–H groups in total. The van der Waals surface area contributed by atoms with Gasteiger partial charge in [-0.25, -0.2) is 0 Å². The van der Waals surface area contributed by atoms with Crippen LogP contribution in [-0.4, -0.2) is 10.6 Å². The summed E-state index contributed by atoms with van der Waals surface area (Å²) in [6.07, 6.45) is 10.7. The molecule has 0 spiro atoms. The van der Waals surface area contributed by atoms with Crippen molar-refractivity contribution in [2.24, 2.45) is 0 Å². The van der Waals surface area contributed by atoms with Crippen LogP contribution in [0.3, 0.4) is 0 Å². The van der Waals surface area contributed by atoms with Crippen LogP contribution in [-0.2, 0) is 0 Å². The molecule has 11 heavy (non-hydrogen) atoms. The van der Waals surface area contributed by atoms with Crippen LogP contribution in [0.1, 0.15) is 0 Å². The molecule has 0 radical (unpaired) electrons. The van der Waals surface area contributed by atoms with Gasteiger partial charge in [-0.15, -0.1) is 0 Å². The van der Waals surface area contributed by atoms with Gasteiger partial charge in [0.1, 0.15) is 0 Å². The SMILES string of the molecule is C1=CC(Pc2ccc[nH]2)C=C1. The number of allylic oxidation sites excluding steroid dienone is 4.